The molecule has 1 aliphatic heterocycles. The molecule has 7 nitrogen and oxygen atoms in total. The maximum absolute atomic E-state index is 12.3. The van der Waals surface area contributed by atoms with Crippen LogP contribution in [0, 0.1) is 11.3 Å². The first-order valence-corrected chi connectivity index (χ1v) is 9.44. The van der Waals surface area contributed by atoms with Gasteiger partial charge in [0.2, 0.25) is 0 Å². The van der Waals surface area contributed by atoms with Crippen LogP contribution in [0.1, 0.15) is 33.1 Å². The number of anilines is 1. The van der Waals surface area contributed by atoms with Gasteiger partial charge in [0.15, 0.2) is 0 Å². The lowest BCUT2D eigenvalue weighted by Crippen LogP contribution is -2.40. The molecule has 2 rings (SSSR count). The van der Waals surface area contributed by atoms with Gasteiger partial charge in [-0.05, 0) is 57.4 Å². The van der Waals surface area contributed by atoms with Crippen molar-refractivity contribution in [3.8, 4) is 6.07 Å². The van der Waals surface area contributed by atoms with E-state index in [-0.39, 0.29) is 22.6 Å². The Bertz CT molecular complexity index is 799. The second-order valence-electron chi connectivity index (χ2n) is 6.18. The van der Waals surface area contributed by atoms with Gasteiger partial charge in [0.05, 0.1) is 4.90 Å². The fourth-order valence-electron chi connectivity index (χ4n) is 2.89. The lowest BCUT2D eigenvalue weighted by atomic mass is 9.98. The summed E-state index contributed by atoms with van der Waals surface area (Å²) in [5.41, 5.74) is 0.317. The van der Waals surface area contributed by atoms with Crippen molar-refractivity contribution in [2.45, 2.75) is 50.1 Å². The zero-order valence-electron chi connectivity index (χ0n) is 14.1. The number of piperidine rings is 1. The molecule has 1 heterocycles. The molecule has 0 aliphatic carbocycles. The molecule has 1 saturated heterocycles. The number of nitrogens with zero attached hydrogens (tertiary/aromatic N) is 2. The number of hydrogen-bond donors (Lipinski definition) is 2. The molecule has 1 aromatic rings. The van der Waals surface area contributed by atoms with Gasteiger partial charge < -0.3 is 10.2 Å². The van der Waals surface area contributed by atoms with Crippen molar-refractivity contribution >= 4 is 21.7 Å². The number of hydrogen-bond acceptors (Lipinski definition) is 5. The fraction of sp³-hybridized carbons (Fsp3) is 0.412. The van der Waals surface area contributed by atoms with Crippen LogP contribution < -0.4 is 5.32 Å². The molecule has 1 amide bonds. The van der Waals surface area contributed by atoms with E-state index in [9.17, 15) is 18.5 Å². The highest BCUT2D eigenvalue weighted by molar-refractivity contribution is 7.85. The molecule has 134 valence electrons. The molecular weight excluding hydrogens is 342 g/mol. The van der Waals surface area contributed by atoms with E-state index in [0.717, 1.165) is 19.3 Å². The highest BCUT2D eigenvalue weighted by atomic mass is 32.2. The van der Waals surface area contributed by atoms with Gasteiger partial charge in [-0.2, -0.15) is 13.7 Å². The Kier molecular flexibility index (Phi) is 5.82. The highest BCUT2D eigenvalue weighted by Gasteiger charge is 2.23. The quantitative estimate of drug-likeness (QED) is 0.483. The van der Waals surface area contributed by atoms with Crippen LogP contribution in [0.25, 0.3) is 0 Å². The van der Waals surface area contributed by atoms with Gasteiger partial charge in [-0.3, -0.25) is 9.35 Å². The summed E-state index contributed by atoms with van der Waals surface area (Å²) >= 11 is 0. The number of carbonyl (C=O) groups is 1. The third-order valence-corrected chi connectivity index (χ3v) is 5.18. The van der Waals surface area contributed by atoms with Crippen LogP contribution in [0.5, 0.6) is 0 Å². The van der Waals surface area contributed by atoms with E-state index in [4.69, 9.17) is 4.55 Å². The Morgan fingerprint density at radius 3 is 2.32 bits per heavy atom. The summed E-state index contributed by atoms with van der Waals surface area (Å²) in [7, 11) is -4.28. The molecule has 1 aliphatic rings. The smallest absolute Gasteiger partial charge is 0.294 e. The summed E-state index contributed by atoms with van der Waals surface area (Å²) in [5, 5.41) is 11.9. The average Bonchev–Trinajstić information content (AvgIpc) is 2.54. The molecule has 0 spiro atoms. The first-order chi connectivity index (χ1) is 11.7. The van der Waals surface area contributed by atoms with E-state index >= 15 is 0 Å². The minimum absolute atomic E-state index is 0.0144. The predicted octanol–water partition coefficient (Wildman–Crippen LogP) is 2.54. The van der Waals surface area contributed by atoms with E-state index in [1.54, 1.807) is 6.20 Å². The lowest BCUT2D eigenvalue weighted by Gasteiger charge is -2.38. The molecule has 0 saturated carbocycles. The van der Waals surface area contributed by atoms with Crippen LogP contribution in [0.3, 0.4) is 0 Å². The Labute approximate surface area is 147 Å². The van der Waals surface area contributed by atoms with E-state index in [1.165, 1.54) is 24.3 Å². The largest absolute Gasteiger partial charge is 0.371 e. The van der Waals surface area contributed by atoms with Crippen LogP contribution in [0.2, 0.25) is 0 Å². The van der Waals surface area contributed by atoms with Crippen LogP contribution >= 0.6 is 0 Å². The average molecular weight is 363 g/mol. The lowest BCUT2D eigenvalue weighted by molar-refractivity contribution is -0.112. The van der Waals surface area contributed by atoms with Crippen molar-refractivity contribution in [2.75, 3.05) is 5.32 Å². The number of nitriles is 1. The van der Waals surface area contributed by atoms with Crippen molar-refractivity contribution in [3.05, 3.63) is 36.0 Å². The van der Waals surface area contributed by atoms with Gasteiger partial charge in [0, 0.05) is 24.0 Å². The first kappa shape index (κ1) is 19.0. The summed E-state index contributed by atoms with van der Waals surface area (Å²) in [6, 6.07) is 7.49. The molecule has 1 aromatic carbocycles. The molecule has 0 bridgehead atoms. The molecule has 25 heavy (non-hydrogen) atoms. The third kappa shape index (κ3) is 4.81. The number of likely N-dealkylation sites (tertiary alicyclic amines) is 1. The van der Waals surface area contributed by atoms with Crippen molar-refractivity contribution in [2.24, 2.45) is 0 Å². The summed E-state index contributed by atoms with van der Waals surface area (Å²) in [6.45, 7) is 4.13. The molecule has 1 fully saturated rings. The second-order valence-corrected chi connectivity index (χ2v) is 7.61. The third-order valence-electron chi connectivity index (χ3n) is 4.32. The van der Waals surface area contributed by atoms with Gasteiger partial charge in [-0.25, -0.2) is 0 Å². The SMILES string of the molecule is CC1CCCC(C)N1/C=C(/C#N)C(=O)Nc1ccc(S(=O)(=O)O)cc1. The zero-order valence-corrected chi connectivity index (χ0v) is 15.0. The predicted molar refractivity (Wildman–Crippen MR) is 93.2 cm³/mol. The molecule has 0 aromatic heterocycles. The van der Waals surface area contributed by atoms with E-state index in [0.29, 0.717) is 5.69 Å². The topological polar surface area (TPSA) is 111 Å². The monoisotopic (exact) mass is 363 g/mol. The molecule has 2 atom stereocenters. The number of amides is 1. The Hall–Kier alpha value is -2.37. The van der Waals surface area contributed by atoms with E-state index in [2.05, 4.69) is 19.2 Å². The van der Waals surface area contributed by atoms with Crippen molar-refractivity contribution in [1.29, 1.82) is 5.26 Å². The second kappa shape index (κ2) is 7.68. The Balaban J connectivity index is 2.15. The van der Waals surface area contributed by atoms with Gasteiger partial charge in [0.1, 0.15) is 11.6 Å². The van der Waals surface area contributed by atoms with Crippen LogP contribution in [-0.2, 0) is 14.9 Å². The summed E-state index contributed by atoms with van der Waals surface area (Å²) in [4.78, 5) is 14.1. The number of benzene rings is 1. The van der Waals surface area contributed by atoms with E-state index < -0.39 is 16.0 Å². The van der Waals surface area contributed by atoms with Gasteiger partial charge in [-0.15, -0.1) is 0 Å². The maximum atomic E-state index is 12.3. The number of rotatable bonds is 4. The van der Waals surface area contributed by atoms with Crippen LogP contribution in [-0.4, -0.2) is 35.9 Å². The van der Waals surface area contributed by atoms with Crippen LogP contribution in [0.4, 0.5) is 5.69 Å². The Morgan fingerprint density at radius 2 is 1.84 bits per heavy atom. The van der Waals surface area contributed by atoms with Gasteiger partial charge in [0.25, 0.3) is 16.0 Å². The molecule has 2 unspecified atom stereocenters. The standard InChI is InChI=1S/C17H21N3O4S/c1-12-4-3-5-13(2)20(12)11-14(10-18)17(21)19-15-6-8-16(9-7-15)25(22,23)24/h6-9,11-13H,3-5H2,1-2H3,(H,19,21)(H,22,23,24)/b14-11-. The number of nitrogens with one attached hydrogen (secondary N) is 1. The minimum Gasteiger partial charge on any atom is -0.371 e. The summed E-state index contributed by atoms with van der Waals surface area (Å²) < 4.78 is 31.0. The highest BCUT2D eigenvalue weighted by Crippen LogP contribution is 2.23. The van der Waals surface area contributed by atoms with Crippen molar-refractivity contribution < 1.29 is 17.8 Å². The molecule has 8 heteroatoms. The van der Waals surface area contributed by atoms with Crippen molar-refractivity contribution in [3.63, 3.8) is 0 Å². The number of carbonyl (C=O) groups excluding carboxylic acids is 1. The van der Waals surface area contributed by atoms with E-state index in [1.807, 2.05) is 11.0 Å². The molecule has 0 radical (unpaired) electrons. The Morgan fingerprint density at radius 1 is 1.28 bits per heavy atom. The van der Waals surface area contributed by atoms with Gasteiger partial charge >= 0.3 is 0 Å². The first-order valence-electron chi connectivity index (χ1n) is 8.00. The summed E-state index contributed by atoms with van der Waals surface area (Å²) in [6.07, 6.45) is 4.74. The maximum Gasteiger partial charge on any atom is 0.294 e. The molecular formula is C17H21N3O4S. The van der Waals surface area contributed by atoms with Crippen LogP contribution in [0.15, 0.2) is 40.9 Å². The molecule has 2 N–H and O–H groups in total. The fourth-order valence-corrected chi connectivity index (χ4v) is 3.37. The summed E-state index contributed by atoms with van der Waals surface area (Å²) in [5.74, 6) is -0.563. The van der Waals surface area contributed by atoms with Gasteiger partial charge in [-0.1, -0.05) is 0 Å². The normalized spacial score (nSPS) is 21.5. The van der Waals surface area contributed by atoms with Crippen molar-refractivity contribution in [1.82, 2.24) is 4.90 Å². The minimum atomic E-state index is -4.28. The zero-order chi connectivity index (χ0) is 18.6.